The molecule has 2 aromatic carbocycles. The van der Waals surface area contributed by atoms with Gasteiger partial charge in [0.1, 0.15) is 16.9 Å². The SMILES string of the molecule is COC(=O)c1ccc(NC(=O)CCCNC(=O)C[C@@H]2N=C(c3ccc(Cl)cc3)c3c(sc(C)c3C)-n3c(C)nnc32)c(C(=O)OC)c1C#CCN. The van der Waals surface area contributed by atoms with E-state index in [2.05, 4.69) is 46.5 Å². The van der Waals surface area contributed by atoms with Crippen molar-refractivity contribution in [2.75, 3.05) is 32.6 Å². The van der Waals surface area contributed by atoms with Crippen LogP contribution in [-0.4, -0.2) is 71.5 Å². The molecule has 4 N–H and O–H groups in total. The van der Waals surface area contributed by atoms with Gasteiger partial charge in [-0.25, -0.2) is 9.59 Å². The first kappa shape index (κ1) is 36.9. The number of nitrogens with zero attached hydrogens (tertiary/aromatic N) is 4. The molecular weight excluding hydrogens is 694 g/mol. The van der Waals surface area contributed by atoms with Gasteiger partial charge in [0.25, 0.3) is 0 Å². The van der Waals surface area contributed by atoms with Crippen molar-refractivity contribution in [2.24, 2.45) is 10.7 Å². The number of nitrogens with one attached hydrogen (secondary N) is 2. The predicted octanol–water partition coefficient (Wildman–Crippen LogP) is 4.61. The maximum atomic E-state index is 13.3. The number of aromatic nitrogens is 3. The highest BCUT2D eigenvalue weighted by Gasteiger charge is 2.32. The standard InChI is InChI=1S/C36H36ClN7O6S/c1-19-20(2)51-34-30(19)32(22-10-12-23(37)13-11-22)41-27(33-43-42-21(3)44(33)34)18-29(46)39-17-7-9-28(45)40-26-15-14-25(35(47)49-4)24(8-6-16-38)31(26)36(48)50-5/h10-15,27H,7,9,16-18,38H2,1-5H3,(H,39,46)(H,40,45)/t27-/m0/s1. The Bertz CT molecular complexity index is 2110. The summed E-state index contributed by atoms with van der Waals surface area (Å²) in [6, 6.07) is 9.60. The first-order chi connectivity index (χ1) is 24.5. The summed E-state index contributed by atoms with van der Waals surface area (Å²) >= 11 is 7.83. The van der Waals surface area contributed by atoms with Gasteiger partial charge in [0.05, 0.1) is 55.3 Å². The van der Waals surface area contributed by atoms with Crippen LogP contribution in [0.2, 0.25) is 5.02 Å². The summed E-state index contributed by atoms with van der Waals surface area (Å²) < 4.78 is 11.7. The highest BCUT2D eigenvalue weighted by Crippen LogP contribution is 2.39. The molecule has 0 saturated carbocycles. The zero-order valence-corrected chi connectivity index (χ0v) is 30.3. The van der Waals surface area contributed by atoms with Crippen molar-refractivity contribution in [3.63, 3.8) is 0 Å². The van der Waals surface area contributed by atoms with E-state index in [1.807, 2.05) is 35.8 Å². The lowest BCUT2D eigenvalue weighted by atomic mass is 9.98. The zero-order chi connectivity index (χ0) is 36.8. The van der Waals surface area contributed by atoms with Gasteiger partial charge < -0.3 is 25.8 Å². The molecule has 1 aliphatic heterocycles. The van der Waals surface area contributed by atoms with E-state index in [4.69, 9.17) is 31.8 Å². The second-order valence-corrected chi connectivity index (χ2v) is 13.1. The van der Waals surface area contributed by atoms with E-state index < -0.39 is 23.9 Å². The molecule has 0 radical (unpaired) electrons. The van der Waals surface area contributed by atoms with Crippen LogP contribution in [0, 0.1) is 32.6 Å². The van der Waals surface area contributed by atoms with Gasteiger partial charge in [0.15, 0.2) is 5.82 Å². The van der Waals surface area contributed by atoms with Gasteiger partial charge in [-0.05, 0) is 57.0 Å². The van der Waals surface area contributed by atoms with E-state index in [0.29, 0.717) is 23.1 Å². The number of ether oxygens (including phenoxy) is 2. The number of amides is 2. The van der Waals surface area contributed by atoms with E-state index >= 15 is 0 Å². The van der Waals surface area contributed by atoms with E-state index in [1.165, 1.54) is 26.4 Å². The van der Waals surface area contributed by atoms with Gasteiger partial charge in [-0.3, -0.25) is 19.1 Å². The van der Waals surface area contributed by atoms with E-state index in [0.717, 1.165) is 32.3 Å². The quantitative estimate of drug-likeness (QED) is 0.119. The van der Waals surface area contributed by atoms with Gasteiger partial charge in [0.2, 0.25) is 11.8 Å². The highest BCUT2D eigenvalue weighted by molar-refractivity contribution is 7.15. The van der Waals surface area contributed by atoms with E-state index in [-0.39, 0.29) is 54.2 Å². The Kier molecular flexibility index (Phi) is 11.7. The molecule has 3 heterocycles. The van der Waals surface area contributed by atoms with Crippen LogP contribution in [0.4, 0.5) is 5.69 Å². The molecule has 4 aromatic rings. The summed E-state index contributed by atoms with van der Waals surface area (Å²) in [5.74, 6) is 4.35. The number of halogens is 1. The number of carbonyl (C=O) groups excluding carboxylic acids is 4. The molecule has 0 spiro atoms. The lowest BCUT2D eigenvalue weighted by molar-refractivity contribution is -0.122. The molecule has 5 rings (SSSR count). The van der Waals surface area contributed by atoms with Crippen LogP contribution in [0.25, 0.3) is 5.00 Å². The Morgan fingerprint density at radius 2 is 1.73 bits per heavy atom. The maximum absolute atomic E-state index is 13.3. The van der Waals surface area contributed by atoms with E-state index in [1.54, 1.807) is 11.3 Å². The second-order valence-electron chi connectivity index (χ2n) is 11.5. The third-order valence-electron chi connectivity index (χ3n) is 8.23. The number of hydrogen-bond donors (Lipinski definition) is 3. The summed E-state index contributed by atoms with van der Waals surface area (Å²) in [5.41, 5.74) is 9.22. The number of benzene rings is 2. The van der Waals surface area contributed by atoms with Gasteiger partial charge in [0, 0.05) is 34.0 Å². The molecule has 2 aromatic heterocycles. The molecule has 0 saturated heterocycles. The van der Waals surface area contributed by atoms with Crippen molar-refractivity contribution in [3.8, 4) is 16.8 Å². The number of thiophene rings is 1. The van der Waals surface area contributed by atoms with E-state index in [9.17, 15) is 19.2 Å². The lowest BCUT2D eigenvalue weighted by Gasteiger charge is -2.15. The Morgan fingerprint density at radius 3 is 2.41 bits per heavy atom. The Labute approximate surface area is 303 Å². The minimum Gasteiger partial charge on any atom is -0.465 e. The third kappa shape index (κ3) is 7.86. The molecule has 0 fully saturated rings. The van der Waals surface area contributed by atoms with Gasteiger partial charge in [-0.1, -0.05) is 35.6 Å². The number of carbonyl (C=O) groups is 4. The van der Waals surface area contributed by atoms with Crippen molar-refractivity contribution < 1.29 is 28.7 Å². The van der Waals surface area contributed by atoms with Crippen molar-refractivity contribution in [3.05, 3.63) is 91.3 Å². The minimum atomic E-state index is -0.809. The summed E-state index contributed by atoms with van der Waals surface area (Å²) in [4.78, 5) is 57.7. The monoisotopic (exact) mass is 729 g/mol. The third-order valence-corrected chi connectivity index (χ3v) is 9.67. The van der Waals surface area contributed by atoms with Gasteiger partial charge in [-0.2, -0.15) is 0 Å². The van der Waals surface area contributed by atoms with Crippen LogP contribution in [0.3, 0.4) is 0 Å². The summed E-state index contributed by atoms with van der Waals surface area (Å²) in [6.07, 6.45) is 0.300. The largest absolute Gasteiger partial charge is 0.465 e. The number of anilines is 1. The van der Waals surface area contributed by atoms with Gasteiger partial charge in [-0.15, -0.1) is 21.5 Å². The number of aryl methyl sites for hydroxylation is 2. The van der Waals surface area contributed by atoms with Crippen LogP contribution in [0.5, 0.6) is 0 Å². The molecule has 2 amide bonds. The van der Waals surface area contributed by atoms with Crippen molar-refractivity contribution in [2.45, 2.75) is 46.1 Å². The minimum absolute atomic E-state index is 0.00393. The molecule has 1 atom stereocenters. The predicted molar refractivity (Wildman–Crippen MR) is 194 cm³/mol. The molecule has 15 heteroatoms. The molecule has 1 aliphatic rings. The number of rotatable bonds is 10. The zero-order valence-electron chi connectivity index (χ0n) is 28.7. The molecule has 0 aliphatic carbocycles. The fourth-order valence-corrected chi connectivity index (χ4v) is 6.98. The van der Waals surface area contributed by atoms with Crippen molar-refractivity contribution >= 4 is 58.1 Å². The smallest absolute Gasteiger partial charge is 0.341 e. The summed E-state index contributed by atoms with van der Waals surface area (Å²) in [7, 11) is 2.37. The Balaban J connectivity index is 1.29. The Morgan fingerprint density at radius 1 is 1.00 bits per heavy atom. The maximum Gasteiger partial charge on any atom is 0.341 e. The number of esters is 2. The Hall–Kier alpha value is -5.36. The average Bonchev–Trinajstić information content (AvgIpc) is 3.60. The fourth-order valence-electron chi connectivity index (χ4n) is 5.64. The topological polar surface area (TPSA) is 180 Å². The van der Waals surface area contributed by atoms with Crippen LogP contribution >= 0.6 is 22.9 Å². The molecule has 13 nitrogen and oxygen atoms in total. The van der Waals surface area contributed by atoms with Crippen LogP contribution in [0.1, 0.15) is 84.8 Å². The van der Waals surface area contributed by atoms with Crippen LogP contribution < -0.4 is 16.4 Å². The van der Waals surface area contributed by atoms with Crippen LogP contribution in [0.15, 0.2) is 41.4 Å². The molecule has 0 bridgehead atoms. The lowest BCUT2D eigenvalue weighted by Crippen LogP contribution is -2.27. The normalized spacial score (nSPS) is 13.1. The second kappa shape index (κ2) is 16.1. The first-order valence-corrected chi connectivity index (χ1v) is 17.1. The first-order valence-electron chi connectivity index (χ1n) is 15.9. The molecule has 0 unspecified atom stereocenters. The number of methoxy groups -OCH3 is 2. The average molecular weight is 730 g/mol. The number of aliphatic imine (C=N–C) groups is 1. The summed E-state index contributed by atoms with van der Waals surface area (Å²) in [5, 5.41) is 15.9. The fraction of sp³-hybridized carbons (Fsp3) is 0.306. The highest BCUT2D eigenvalue weighted by atomic mass is 35.5. The van der Waals surface area contributed by atoms with Crippen molar-refractivity contribution in [1.82, 2.24) is 20.1 Å². The van der Waals surface area contributed by atoms with Crippen molar-refractivity contribution in [1.29, 1.82) is 0 Å². The van der Waals surface area contributed by atoms with Crippen LogP contribution in [-0.2, 0) is 19.1 Å². The summed E-state index contributed by atoms with van der Waals surface area (Å²) in [6.45, 7) is 6.15. The number of hydrogen-bond acceptors (Lipinski definition) is 11. The number of fused-ring (bicyclic) bond motifs is 3. The number of nitrogens with two attached hydrogens (primary N) is 1. The van der Waals surface area contributed by atoms with Gasteiger partial charge >= 0.3 is 11.9 Å². The molecule has 264 valence electrons. The molecular formula is C36H36ClN7O6S. The molecule has 51 heavy (non-hydrogen) atoms.